The lowest BCUT2D eigenvalue weighted by atomic mass is 9.93. The van der Waals surface area contributed by atoms with Gasteiger partial charge in [-0.15, -0.1) is 11.3 Å². The summed E-state index contributed by atoms with van der Waals surface area (Å²) in [5, 5.41) is 2.55. The quantitative estimate of drug-likeness (QED) is 0.848. The van der Waals surface area contributed by atoms with Gasteiger partial charge in [0.15, 0.2) is 5.78 Å². The number of amides is 1. The lowest BCUT2D eigenvalue weighted by Crippen LogP contribution is -2.36. The molecule has 1 aromatic heterocycles. The van der Waals surface area contributed by atoms with Gasteiger partial charge in [-0.2, -0.15) is 0 Å². The van der Waals surface area contributed by atoms with E-state index in [1.165, 1.54) is 4.88 Å². The molecule has 0 atom stereocenters. The van der Waals surface area contributed by atoms with Crippen LogP contribution in [-0.4, -0.2) is 43.8 Å². The van der Waals surface area contributed by atoms with Gasteiger partial charge in [0, 0.05) is 22.4 Å². The van der Waals surface area contributed by atoms with Crippen molar-refractivity contribution in [3.63, 3.8) is 0 Å². The lowest BCUT2D eigenvalue weighted by molar-refractivity contribution is -0.121. The Morgan fingerprint density at radius 2 is 1.90 bits per heavy atom. The number of nitrogens with zero attached hydrogens (tertiary/aromatic N) is 1. The number of carbonyl (C=O) groups is 2. The molecule has 1 amide bonds. The standard InChI is InChI=1S/C15H24N2O2S/c1-10-11(7-13(20-10)15(2,3)4)12(18)8-17(6)9-14(19)16-5/h7H,8-9H2,1-6H3,(H,16,19). The molecule has 0 aliphatic heterocycles. The fourth-order valence-electron chi connectivity index (χ4n) is 1.84. The van der Waals surface area contributed by atoms with Gasteiger partial charge >= 0.3 is 0 Å². The van der Waals surface area contributed by atoms with Crippen LogP contribution >= 0.6 is 11.3 Å². The molecule has 1 N–H and O–H groups in total. The zero-order chi connectivity index (χ0) is 15.5. The second kappa shape index (κ2) is 6.50. The van der Waals surface area contributed by atoms with Crippen molar-refractivity contribution in [3.8, 4) is 0 Å². The van der Waals surface area contributed by atoms with Gasteiger partial charge in [-0.05, 0) is 25.5 Å². The highest BCUT2D eigenvalue weighted by Crippen LogP contribution is 2.32. The van der Waals surface area contributed by atoms with Gasteiger partial charge < -0.3 is 5.32 Å². The number of thiophene rings is 1. The van der Waals surface area contributed by atoms with Gasteiger partial charge in [-0.3, -0.25) is 14.5 Å². The van der Waals surface area contributed by atoms with Gasteiger partial charge in [-0.25, -0.2) is 0 Å². The van der Waals surface area contributed by atoms with E-state index in [0.29, 0.717) is 0 Å². The molecule has 0 radical (unpaired) electrons. The van der Waals surface area contributed by atoms with Gasteiger partial charge in [0.05, 0.1) is 13.1 Å². The minimum absolute atomic E-state index is 0.0575. The van der Waals surface area contributed by atoms with Crippen molar-refractivity contribution in [3.05, 3.63) is 21.4 Å². The zero-order valence-corrected chi connectivity index (χ0v) is 14.0. The third-order valence-corrected chi connectivity index (χ3v) is 4.54. The Morgan fingerprint density at radius 3 is 2.35 bits per heavy atom. The fraction of sp³-hybridized carbons (Fsp3) is 0.600. The van der Waals surface area contributed by atoms with Crippen molar-refractivity contribution in [1.82, 2.24) is 10.2 Å². The monoisotopic (exact) mass is 296 g/mol. The van der Waals surface area contributed by atoms with Crippen LogP contribution in [0.2, 0.25) is 0 Å². The van der Waals surface area contributed by atoms with E-state index < -0.39 is 0 Å². The summed E-state index contributed by atoms with van der Waals surface area (Å²) in [6, 6.07) is 2.00. The smallest absolute Gasteiger partial charge is 0.233 e. The van der Waals surface area contributed by atoms with Crippen LogP contribution in [0.5, 0.6) is 0 Å². The lowest BCUT2D eigenvalue weighted by Gasteiger charge is -2.15. The van der Waals surface area contributed by atoms with Crippen molar-refractivity contribution in [2.45, 2.75) is 33.1 Å². The normalized spacial score (nSPS) is 11.8. The zero-order valence-electron chi connectivity index (χ0n) is 13.2. The third kappa shape index (κ3) is 4.42. The summed E-state index contributed by atoms with van der Waals surface area (Å²) in [5.41, 5.74) is 0.839. The number of aryl methyl sites for hydroxylation is 1. The topological polar surface area (TPSA) is 49.4 Å². The molecule has 112 valence electrons. The molecule has 5 heteroatoms. The molecule has 1 heterocycles. The number of rotatable bonds is 5. The molecule has 0 fully saturated rings. The van der Waals surface area contributed by atoms with Crippen molar-refractivity contribution in [1.29, 1.82) is 0 Å². The number of likely N-dealkylation sites (N-methyl/N-ethyl adjacent to an activating group) is 2. The molecule has 0 aliphatic rings. The molecule has 20 heavy (non-hydrogen) atoms. The van der Waals surface area contributed by atoms with Crippen molar-refractivity contribution in [2.75, 3.05) is 27.2 Å². The first-order valence-corrected chi connectivity index (χ1v) is 7.50. The van der Waals surface area contributed by atoms with Crippen molar-refractivity contribution >= 4 is 23.0 Å². The molecule has 0 aromatic carbocycles. The minimum Gasteiger partial charge on any atom is -0.358 e. The van der Waals surface area contributed by atoms with E-state index in [-0.39, 0.29) is 30.2 Å². The molecule has 0 saturated heterocycles. The summed E-state index contributed by atoms with van der Waals surface area (Å²) in [7, 11) is 3.37. The number of hydrogen-bond acceptors (Lipinski definition) is 4. The second-order valence-corrected chi connectivity index (χ2v) is 7.36. The van der Waals surface area contributed by atoms with E-state index in [2.05, 4.69) is 26.1 Å². The summed E-state index contributed by atoms with van der Waals surface area (Å²) in [4.78, 5) is 27.6. The average Bonchev–Trinajstić information content (AvgIpc) is 2.70. The Kier molecular flexibility index (Phi) is 5.48. The molecule has 1 rings (SSSR count). The predicted octanol–water partition coefficient (Wildman–Crippen LogP) is 2.21. The Balaban J connectivity index is 2.78. The van der Waals surface area contributed by atoms with Crippen LogP contribution in [0.15, 0.2) is 6.07 Å². The van der Waals surface area contributed by atoms with E-state index in [0.717, 1.165) is 10.4 Å². The maximum Gasteiger partial charge on any atom is 0.233 e. The molecule has 1 aromatic rings. The number of nitrogens with one attached hydrogen (secondary N) is 1. The fourth-order valence-corrected chi connectivity index (χ4v) is 2.93. The maximum absolute atomic E-state index is 12.3. The van der Waals surface area contributed by atoms with Gasteiger partial charge in [0.1, 0.15) is 0 Å². The van der Waals surface area contributed by atoms with Crippen LogP contribution in [0, 0.1) is 6.92 Å². The van der Waals surface area contributed by atoms with Gasteiger partial charge in [0.2, 0.25) is 5.91 Å². The van der Waals surface area contributed by atoms with E-state index >= 15 is 0 Å². The van der Waals surface area contributed by atoms with Crippen molar-refractivity contribution < 1.29 is 9.59 Å². The minimum atomic E-state index is -0.0854. The van der Waals surface area contributed by atoms with E-state index in [9.17, 15) is 9.59 Å². The Morgan fingerprint density at radius 1 is 1.30 bits per heavy atom. The average molecular weight is 296 g/mol. The van der Waals surface area contributed by atoms with Crippen LogP contribution in [0.25, 0.3) is 0 Å². The molecule has 4 nitrogen and oxygen atoms in total. The Hall–Kier alpha value is -1.20. The van der Waals surface area contributed by atoms with Crippen LogP contribution in [0.3, 0.4) is 0 Å². The molecule has 0 bridgehead atoms. The first-order valence-electron chi connectivity index (χ1n) is 6.68. The largest absolute Gasteiger partial charge is 0.358 e. The number of ketones is 1. The van der Waals surface area contributed by atoms with E-state index in [4.69, 9.17) is 0 Å². The van der Waals surface area contributed by atoms with Crippen LogP contribution in [-0.2, 0) is 10.2 Å². The summed E-state index contributed by atoms with van der Waals surface area (Å²) in [6.07, 6.45) is 0. The molecule has 0 aliphatic carbocycles. The van der Waals surface area contributed by atoms with Crippen LogP contribution in [0.1, 0.15) is 40.9 Å². The highest BCUT2D eigenvalue weighted by Gasteiger charge is 2.21. The third-order valence-electron chi connectivity index (χ3n) is 3.06. The highest BCUT2D eigenvalue weighted by molar-refractivity contribution is 7.12. The summed E-state index contributed by atoms with van der Waals surface area (Å²) in [6.45, 7) is 8.90. The Labute approximate surface area is 125 Å². The van der Waals surface area contributed by atoms with E-state index in [1.807, 2.05) is 13.0 Å². The molecule has 0 saturated carbocycles. The number of Topliss-reactive ketones (excluding diaryl/α,β-unsaturated/α-hetero) is 1. The van der Waals surface area contributed by atoms with Crippen molar-refractivity contribution in [2.24, 2.45) is 0 Å². The Bertz CT molecular complexity index is 500. The van der Waals surface area contributed by atoms with Gasteiger partial charge in [0.25, 0.3) is 0 Å². The number of carbonyl (C=O) groups excluding carboxylic acids is 2. The highest BCUT2D eigenvalue weighted by atomic mass is 32.1. The van der Waals surface area contributed by atoms with Crippen LogP contribution < -0.4 is 5.32 Å². The summed E-state index contributed by atoms with van der Waals surface area (Å²) < 4.78 is 0. The van der Waals surface area contributed by atoms with Gasteiger partial charge in [-0.1, -0.05) is 20.8 Å². The molecule has 0 spiro atoms. The molecular weight excluding hydrogens is 272 g/mol. The SMILES string of the molecule is CNC(=O)CN(C)CC(=O)c1cc(C(C)(C)C)sc1C. The summed E-state index contributed by atoms with van der Waals surface area (Å²) >= 11 is 1.68. The molecular formula is C15H24N2O2S. The number of hydrogen-bond donors (Lipinski definition) is 1. The van der Waals surface area contributed by atoms with Crippen LogP contribution in [0.4, 0.5) is 0 Å². The maximum atomic E-state index is 12.3. The van der Waals surface area contributed by atoms with E-state index in [1.54, 1.807) is 30.3 Å². The predicted molar refractivity (Wildman–Crippen MR) is 83.7 cm³/mol. The molecule has 0 unspecified atom stereocenters. The first-order chi connectivity index (χ1) is 9.15. The second-order valence-electron chi connectivity index (χ2n) is 6.10. The first kappa shape index (κ1) is 16.9. The summed E-state index contributed by atoms with van der Waals surface area (Å²) in [5.74, 6) is -0.0154.